The molecule has 266 valence electrons. The second kappa shape index (κ2) is 15.2. The van der Waals surface area contributed by atoms with Gasteiger partial charge in [0.2, 0.25) is 0 Å². The lowest BCUT2D eigenvalue weighted by molar-refractivity contribution is 0.277. The summed E-state index contributed by atoms with van der Waals surface area (Å²) in [5.74, 6) is 1.42. The normalized spacial score (nSPS) is 13.2. The number of nitrogens with zero attached hydrogens (tertiary/aromatic N) is 4. The summed E-state index contributed by atoms with van der Waals surface area (Å²) in [6.07, 6.45) is 4.67. The highest BCUT2D eigenvalue weighted by atomic mass is 32.1. The van der Waals surface area contributed by atoms with Gasteiger partial charge < -0.3 is 14.7 Å². The molecule has 54 heavy (non-hydrogen) atoms. The van der Waals surface area contributed by atoms with E-state index >= 15 is 0 Å². The van der Waals surface area contributed by atoms with E-state index in [0.717, 1.165) is 71.5 Å². The number of rotatable bonds is 11. The van der Waals surface area contributed by atoms with E-state index in [0.29, 0.717) is 44.4 Å². The van der Waals surface area contributed by atoms with Crippen LogP contribution in [0.1, 0.15) is 55.1 Å². The maximum atomic E-state index is 10.9. The lowest BCUT2D eigenvalue weighted by atomic mass is 10.0. The lowest BCUT2D eigenvalue weighted by Gasteiger charge is -2.12. The number of ether oxygens (including phenoxy) is 1. The van der Waals surface area contributed by atoms with Crippen molar-refractivity contribution in [1.82, 2.24) is 19.9 Å². The maximum absolute atomic E-state index is 10.9. The number of thiazole rings is 2. The molecule has 0 saturated heterocycles. The van der Waals surface area contributed by atoms with E-state index in [-0.39, 0.29) is 0 Å². The van der Waals surface area contributed by atoms with Gasteiger partial charge in [0.1, 0.15) is 39.0 Å². The SMILES string of the molecule is CCCCC(C)CCOc1ccc(-c2[nH]/c(=C(/C#N)c3nc4ccccc4s3)c3c(-c4ccccc4C)[nH]/c(=C(/C#N)c4nc5ccccc5s4)c23)cc1. The Morgan fingerprint density at radius 3 is 1.85 bits per heavy atom. The van der Waals surface area contributed by atoms with Crippen molar-refractivity contribution in [3.8, 4) is 40.4 Å². The van der Waals surface area contributed by atoms with Crippen molar-refractivity contribution in [2.75, 3.05) is 6.61 Å². The topological polar surface area (TPSA) is 114 Å². The molecule has 9 heteroatoms. The molecule has 4 aromatic heterocycles. The number of aromatic amines is 2. The van der Waals surface area contributed by atoms with Gasteiger partial charge in [-0.3, -0.25) is 0 Å². The summed E-state index contributed by atoms with van der Waals surface area (Å²) in [7, 11) is 0. The fourth-order valence-electron chi connectivity index (χ4n) is 7.07. The predicted molar refractivity (Wildman–Crippen MR) is 222 cm³/mol. The second-order valence-corrected chi connectivity index (χ2v) is 15.7. The Morgan fingerprint density at radius 2 is 1.28 bits per heavy atom. The summed E-state index contributed by atoms with van der Waals surface area (Å²) in [6.45, 7) is 7.25. The molecule has 7 nitrogen and oxygen atoms in total. The molecule has 1 unspecified atom stereocenters. The molecule has 8 aromatic rings. The van der Waals surface area contributed by atoms with Crippen molar-refractivity contribution < 1.29 is 4.74 Å². The fourth-order valence-corrected chi connectivity index (χ4v) is 9.00. The summed E-state index contributed by atoms with van der Waals surface area (Å²) in [5, 5.41) is 26.0. The zero-order valence-corrected chi connectivity index (χ0v) is 32.0. The van der Waals surface area contributed by atoms with E-state index in [1.165, 1.54) is 41.9 Å². The molecule has 2 N–H and O–H groups in total. The second-order valence-electron chi connectivity index (χ2n) is 13.7. The first kappa shape index (κ1) is 35.1. The molecule has 8 rings (SSSR count). The average Bonchev–Trinajstić information content (AvgIpc) is 3.99. The first-order chi connectivity index (χ1) is 26.5. The van der Waals surface area contributed by atoms with Crippen LogP contribution in [-0.4, -0.2) is 26.5 Å². The van der Waals surface area contributed by atoms with Crippen LogP contribution in [0.4, 0.5) is 0 Å². The third-order valence-corrected chi connectivity index (χ3v) is 12.1. The molecule has 0 fully saturated rings. The number of aryl methyl sites for hydroxylation is 1. The predicted octanol–water partition coefficient (Wildman–Crippen LogP) is 10.4. The maximum Gasteiger partial charge on any atom is 0.137 e. The monoisotopic (exact) mass is 742 g/mol. The van der Waals surface area contributed by atoms with E-state index < -0.39 is 0 Å². The molecule has 0 radical (unpaired) electrons. The molecular weight excluding hydrogens is 705 g/mol. The number of H-pyrrole nitrogens is 2. The summed E-state index contributed by atoms with van der Waals surface area (Å²) in [4.78, 5) is 17.3. The molecule has 0 aliphatic carbocycles. The molecule has 0 spiro atoms. The number of unbranched alkanes of at least 4 members (excludes halogenated alkanes) is 1. The van der Waals surface area contributed by atoms with Crippen LogP contribution in [0.5, 0.6) is 5.75 Å². The van der Waals surface area contributed by atoms with Gasteiger partial charge in [-0.25, -0.2) is 9.97 Å². The third-order valence-electron chi connectivity index (χ3n) is 9.98. The van der Waals surface area contributed by atoms with Gasteiger partial charge in [-0.1, -0.05) is 81.6 Å². The molecule has 0 saturated carbocycles. The van der Waals surface area contributed by atoms with Crippen LogP contribution in [0.3, 0.4) is 0 Å². The standard InChI is InChI=1S/C45H38N6OS2/c1-4-5-12-27(2)23-24-52-30-21-19-29(20-22-30)40-38-39(43(50-40)33(26-47)45-49-35-16-9-11-18-37(35)54-45)41(31-14-7-6-13-28(31)3)51-42(38)32(25-46)44-48-34-15-8-10-17-36(34)53-44/h6-11,13-22,27,50-51H,4-5,12,23-24H2,1-3H3/b42-32-,43-33-. The van der Waals surface area contributed by atoms with E-state index in [1.54, 1.807) is 0 Å². The van der Waals surface area contributed by atoms with E-state index in [2.05, 4.69) is 55.0 Å². The first-order valence-corrected chi connectivity index (χ1v) is 19.9. The van der Waals surface area contributed by atoms with Gasteiger partial charge in [-0.2, -0.15) is 10.5 Å². The van der Waals surface area contributed by atoms with Gasteiger partial charge in [0.05, 0.1) is 49.1 Å². The van der Waals surface area contributed by atoms with Crippen molar-refractivity contribution in [2.45, 2.75) is 46.5 Å². The highest BCUT2D eigenvalue weighted by Crippen LogP contribution is 2.35. The molecule has 4 aromatic carbocycles. The van der Waals surface area contributed by atoms with E-state index in [4.69, 9.17) is 14.7 Å². The number of hydrogen-bond acceptors (Lipinski definition) is 7. The van der Waals surface area contributed by atoms with Crippen molar-refractivity contribution in [3.63, 3.8) is 0 Å². The van der Waals surface area contributed by atoms with Crippen LogP contribution < -0.4 is 15.4 Å². The molecule has 1 atom stereocenters. The zero-order chi connectivity index (χ0) is 37.2. The third kappa shape index (κ3) is 6.58. The minimum Gasteiger partial charge on any atom is -0.494 e. The Kier molecular flexibility index (Phi) is 9.84. The Labute approximate surface area is 321 Å². The number of aromatic nitrogens is 4. The average molecular weight is 743 g/mol. The number of nitriles is 2. The highest BCUT2D eigenvalue weighted by molar-refractivity contribution is 7.20. The zero-order valence-electron chi connectivity index (χ0n) is 30.4. The minimum atomic E-state index is 0.434. The van der Waals surface area contributed by atoms with Gasteiger partial charge >= 0.3 is 0 Å². The number of para-hydroxylation sites is 2. The van der Waals surface area contributed by atoms with Gasteiger partial charge in [-0.05, 0) is 78.9 Å². The van der Waals surface area contributed by atoms with Crippen LogP contribution in [0.25, 0.3) is 64.9 Å². The minimum absolute atomic E-state index is 0.434. The number of nitrogens with one attached hydrogen (secondary N) is 2. The van der Waals surface area contributed by atoms with Gasteiger partial charge in [-0.15, -0.1) is 22.7 Å². The number of hydrogen-bond donors (Lipinski definition) is 2. The van der Waals surface area contributed by atoms with Crippen molar-refractivity contribution in [2.24, 2.45) is 5.92 Å². The van der Waals surface area contributed by atoms with Crippen molar-refractivity contribution in [3.05, 3.63) is 123 Å². The van der Waals surface area contributed by atoms with Gasteiger partial charge in [0.25, 0.3) is 0 Å². The van der Waals surface area contributed by atoms with Crippen LogP contribution >= 0.6 is 22.7 Å². The molecule has 4 heterocycles. The summed E-state index contributed by atoms with van der Waals surface area (Å²) in [6, 6.07) is 37.2. The summed E-state index contributed by atoms with van der Waals surface area (Å²) in [5.41, 5.74) is 7.08. The Balaban J connectivity index is 1.41. The van der Waals surface area contributed by atoms with Crippen molar-refractivity contribution >= 4 is 65.0 Å². The highest BCUT2D eigenvalue weighted by Gasteiger charge is 2.24. The van der Waals surface area contributed by atoms with Gasteiger partial charge in [0, 0.05) is 16.3 Å². The smallest absolute Gasteiger partial charge is 0.137 e. The van der Waals surface area contributed by atoms with E-state index in [9.17, 15) is 10.5 Å². The van der Waals surface area contributed by atoms with Crippen LogP contribution in [0.2, 0.25) is 0 Å². The molecule has 0 bridgehead atoms. The Bertz CT molecular complexity index is 2700. The fraction of sp³-hybridized carbons (Fsp3) is 0.200. The molecule has 0 aliphatic rings. The Morgan fingerprint density at radius 1 is 0.722 bits per heavy atom. The molecular formula is C45H38N6OS2. The molecule has 0 aliphatic heterocycles. The Hall–Kier alpha value is -6.00. The van der Waals surface area contributed by atoms with Crippen LogP contribution in [0, 0.1) is 35.5 Å². The quantitative estimate of drug-likeness (QED) is 0.137. The van der Waals surface area contributed by atoms with E-state index in [1.807, 2.05) is 84.9 Å². The first-order valence-electron chi connectivity index (χ1n) is 18.3. The van der Waals surface area contributed by atoms with Crippen LogP contribution in [0.15, 0.2) is 97.1 Å². The van der Waals surface area contributed by atoms with Crippen molar-refractivity contribution in [1.29, 1.82) is 10.5 Å². The number of benzene rings is 4. The number of fused-ring (bicyclic) bond motifs is 3. The summed E-state index contributed by atoms with van der Waals surface area (Å²) >= 11 is 2.98. The summed E-state index contributed by atoms with van der Waals surface area (Å²) < 4.78 is 8.21. The largest absolute Gasteiger partial charge is 0.494 e. The van der Waals surface area contributed by atoms with Gasteiger partial charge in [0.15, 0.2) is 0 Å². The van der Waals surface area contributed by atoms with Crippen LogP contribution in [-0.2, 0) is 0 Å². The molecule has 0 amide bonds. The lowest BCUT2D eigenvalue weighted by Crippen LogP contribution is -2.10.